The molecule has 1 saturated heterocycles. The highest BCUT2D eigenvalue weighted by Gasteiger charge is 2.30. The van der Waals surface area contributed by atoms with E-state index < -0.39 is 10.9 Å². The summed E-state index contributed by atoms with van der Waals surface area (Å²) in [5, 5.41) is 31.0. The first-order chi connectivity index (χ1) is 16.3. The number of hydrogen-bond donors (Lipinski definition) is 3. The lowest BCUT2D eigenvalue weighted by Gasteiger charge is -2.33. The minimum absolute atomic E-state index is 0.0429. The van der Waals surface area contributed by atoms with Gasteiger partial charge in [0.1, 0.15) is 0 Å². The fourth-order valence-corrected chi connectivity index (χ4v) is 3.54. The zero-order chi connectivity index (χ0) is 24.2. The van der Waals surface area contributed by atoms with Crippen molar-refractivity contribution >= 4 is 41.3 Å². The Morgan fingerprint density at radius 1 is 1.18 bits per heavy atom. The van der Waals surface area contributed by atoms with Crippen LogP contribution in [0.1, 0.15) is 27.4 Å². The van der Waals surface area contributed by atoms with Crippen molar-refractivity contribution in [3.63, 3.8) is 0 Å². The molecule has 12 nitrogen and oxygen atoms in total. The number of carbonyl (C=O) groups is 1. The van der Waals surface area contributed by atoms with Gasteiger partial charge in [0, 0.05) is 37.9 Å². The molecule has 1 fully saturated rings. The quantitative estimate of drug-likeness (QED) is 0.351. The molecule has 3 heterocycles. The van der Waals surface area contributed by atoms with Crippen LogP contribution in [0.25, 0.3) is 12.2 Å². The fourth-order valence-electron chi connectivity index (χ4n) is 3.54. The molecule has 34 heavy (non-hydrogen) atoms. The minimum atomic E-state index is -1.00. The topological polar surface area (TPSA) is 153 Å². The predicted octanol–water partition coefficient (Wildman–Crippen LogP) is 2.78. The summed E-state index contributed by atoms with van der Waals surface area (Å²) < 4.78 is 0. The number of nitrogens with one attached hydrogen (secondary N) is 2. The Labute approximate surface area is 195 Å². The molecule has 1 aliphatic heterocycles. The molecular formula is C22H24N8O4. The molecule has 1 aliphatic rings. The van der Waals surface area contributed by atoms with Crippen molar-refractivity contribution in [3.05, 3.63) is 63.1 Å². The van der Waals surface area contributed by atoms with Crippen LogP contribution in [0.4, 0.5) is 23.1 Å². The number of rotatable bonds is 7. The number of likely N-dealkylation sites (N-methyl/N-ethyl adjacent to an activating group) is 1. The van der Waals surface area contributed by atoms with Crippen LogP contribution in [0.3, 0.4) is 0 Å². The van der Waals surface area contributed by atoms with Gasteiger partial charge in [-0.3, -0.25) is 15.2 Å². The second-order valence-corrected chi connectivity index (χ2v) is 7.97. The van der Waals surface area contributed by atoms with Gasteiger partial charge < -0.3 is 20.2 Å². The van der Waals surface area contributed by atoms with E-state index in [0.29, 0.717) is 18.9 Å². The Balaban J connectivity index is 1.74. The Morgan fingerprint density at radius 2 is 1.88 bits per heavy atom. The van der Waals surface area contributed by atoms with E-state index in [2.05, 4.69) is 30.4 Å². The van der Waals surface area contributed by atoms with E-state index in [1.807, 2.05) is 18.9 Å². The number of H-pyrrole nitrogens is 1. The van der Waals surface area contributed by atoms with Gasteiger partial charge in [0.25, 0.3) is 0 Å². The molecule has 0 aliphatic carbocycles. The highest BCUT2D eigenvalue weighted by Crippen LogP contribution is 2.35. The van der Waals surface area contributed by atoms with E-state index in [4.69, 9.17) is 5.11 Å². The average molecular weight is 464 g/mol. The number of benzene rings is 1. The molecule has 3 N–H and O–H groups in total. The summed E-state index contributed by atoms with van der Waals surface area (Å²) in [4.78, 5) is 35.6. The number of carboxylic acid groups (broad SMARTS) is 1. The highest BCUT2D eigenvalue weighted by molar-refractivity contribution is 5.88. The number of nitro groups is 1. The maximum atomic E-state index is 12.1. The molecule has 2 aromatic heterocycles. The molecule has 0 unspecified atom stereocenters. The number of carboxylic acids is 1. The largest absolute Gasteiger partial charge is 0.478 e. The molecule has 176 valence electrons. The number of nitrogens with zero attached hydrogens (tertiary/aromatic N) is 6. The van der Waals surface area contributed by atoms with Gasteiger partial charge in [-0.15, -0.1) is 0 Å². The zero-order valence-corrected chi connectivity index (χ0v) is 18.7. The number of piperazine rings is 1. The van der Waals surface area contributed by atoms with Crippen molar-refractivity contribution in [2.24, 2.45) is 0 Å². The molecule has 12 heteroatoms. The van der Waals surface area contributed by atoms with Crippen LogP contribution >= 0.6 is 0 Å². The number of aromatic amines is 1. The minimum Gasteiger partial charge on any atom is -0.478 e. The van der Waals surface area contributed by atoms with Gasteiger partial charge >= 0.3 is 11.7 Å². The third-order valence-corrected chi connectivity index (χ3v) is 5.40. The van der Waals surface area contributed by atoms with Gasteiger partial charge in [-0.1, -0.05) is 18.2 Å². The van der Waals surface area contributed by atoms with E-state index in [9.17, 15) is 14.9 Å². The van der Waals surface area contributed by atoms with Crippen LogP contribution in [0.5, 0.6) is 0 Å². The Hall–Kier alpha value is -4.32. The van der Waals surface area contributed by atoms with E-state index >= 15 is 0 Å². The molecule has 1 aromatic carbocycles. The van der Waals surface area contributed by atoms with Crippen LogP contribution in [0.2, 0.25) is 0 Å². The molecule has 0 saturated carbocycles. The van der Waals surface area contributed by atoms with E-state index in [0.717, 1.165) is 24.3 Å². The summed E-state index contributed by atoms with van der Waals surface area (Å²) >= 11 is 0. The lowest BCUT2D eigenvalue weighted by molar-refractivity contribution is -0.383. The number of aromatic nitrogens is 4. The first-order valence-corrected chi connectivity index (χ1v) is 10.6. The van der Waals surface area contributed by atoms with E-state index in [1.165, 1.54) is 12.1 Å². The lowest BCUT2D eigenvalue weighted by Crippen LogP contribution is -2.45. The van der Waals surface area contributed by atoms with Crippen molar-refractivity contribution in [3.8, 4) is 0 Å². The molecule has 4 rings (SSSR count). The van der Waals surface area contributed by atoms with Crippen LogP contribution in [-0.4, -0.2) is 74.3 Å². The normalized spacial score (nSPS) is 14.5. The Bertz CT molecular complexity index is 1230. The molecule has 0 radical (unpaired) electrons. The summed E-state index contributed by atoms with van der Waals surface area (Å²) in [6.45, 7) is 4.52. The summed E-state index contributed by atoms with van der Waals surface area (Å²) in [7, 11) is 2.00. The van der Waals surface area contributed by atoms with Crippen molar-refractivity contribution in [1.29, 1.82) is 0 Å². The highest BCUT2D eigenvalue weighted by atomic mass is 16.6. The van der Waals surface area contributed by atoms with Crippen LogP contribution in [0.15, 0.2) is 30.3 Å². The third kappa shape index (κ3) is 5.18. The average Bonchev–Trinajstić information content (AvgIpc) is 3.22. The molecular weight excluding hydrogens is 440 g/mol. The number of anilines is 3. The van der Waals surface area contributed by atoms with Crippen molar-refractivity contribution in [1.82, 2.24) is 25.1 Å². The Morgan fingerprint density at radius 3 is 2.47 bits per heavy atom. The van der Waals surface area contributed by atoms with E-state index in [-0.39, 0.29) is 28.7 Å². The van der Waals surface area contributed by atoms with Gasteiger partial charge in [0.15, 0.2) is 11.6 Å². The number of aryl methyl sites for hydroxylation is 1. The van der Waals surface area contributed by atoms with Crippen LogP contribution in [-0.2, 0) is 0 Å². The van der Waals surface area contributed by atoms with Crippen molar-refractivity contribution in [2.45, 2.75) is 6.92 Å². The smallest absolute Gasteiger partial charge is 0.353 e. The summed E-state index contributed by atoms with van der Waals surface area (Å²) in [6.07, 6.45) is 3.36. The monoisotopic (exact) mass is 464 g/mol. The standard InChI is InChI=1S/C22H24N8O4/c1-14-13-18(27-26-14)24-20-19(30(33)34)21(29-11-9-28(2)10-12-29)25-17(23-20)8-5-15-3-6-16(7-4-15)22(31)32/h3-8,13H,9-12H2,1-2H3,(H,31,32)(H2,23,24,25,26,27). The summed E-state index contributed by atoms with van der Waals surface area (Å²) in [5.41, 5.74) is 1.50. The molecule has 3 aromatic rings. The molecule has 0 spiro atoms. The summed E-state index contributed by atoms with van der Waals surface area (Å²) in [5.74, 6) is -0.0418. The maximum Gasteiger partial charge on any atom is 0.353 e. The maximum absolute atomic E-state index is 12.1. The van der Waals surface area contributed by atoms with Gasteiger partial charge in [-0.2, -0.15) is 5.10 Å². The first-order valence-electron chi connectivity index (χ1n) is 10.6. The van der Waals surface area contributed by atoms with Gasteiger partial charge in [0.2, 0.25) is 11.6 Å². The van der Waals surface area contributed by atoms with E-state index in [1.54, 1.807) is 30.4 Å². The lowest BCUT2D eigenvalue weighted by atomic mass is 10.1. The SMILES string of the molecule is Cc1cc(Nc2nc(C=Cc3ccc(C(=O)O)cc3)nc(N3CCN(C)CC3)c2[N+](=O)[O-])n[nH]1. The Kier molecular flexibility index (Phi) is 6.50. The fraction of sp³-hybridized carbons (Fsp3) is 0.273. The molecule has 0 amide bonds. The van der Waals surface area contributed by atoms with Crippen LogP contribution < -0.4 is 10.2 Å². The van der Waals surface area contributed by atoms with Crippen molar-refractivity contribution in [2.75, 3.05) is 43.4 Å². The van der Waals surface area contributed by atoms with Gasteiger partial charge in [0.05, 0.1) is 10.5 Å². The van der Waals surface area contributed by atoms with Crippen LogP contribution in [0, 0.1) is 17.0 Å². The molecule has 0 bridgehead atoms. The summed E-state index contributed by atoms with van der Waals surface area (Å²) in [6, 6.07) is 8.06. The van der Waals surface area contributed by atoms with Gasteiger partial charge in [-0.25, -0.2) is 14.8 Å². The third-order valence-electron chi connectivity index (χ3n) is 5.40. The molecule has 0 atom stereocenters. The number of hydrogen-bond acceptors (Lipinski definition) is 9. The second kappa shape index (κ2) is 9.67. The zero-order valence-electron chi connectivity index (χ0n) is 18.7. The van der Waals surface area contributed by atoms with Gasteiger partial charge in [-0.05, 0) is 37.7 Å². The number of aromatic carboxylic acids is 1. The second-order valence-electron chi connectivity index (χ2n) is 7.97. The predicted molar refractivity (Wildman–Crippen MR) is 127 cm³/mol. The first kappa shape index (κ1) is 22.9. The van der Waals surface area contributed by atoms with Crippen molar-refractivity contribution < 1.29 is 14.8 Å².